The number of thiazole rings is 1. The summed E-state index contributed by atoms with van der Waals surface area (Å²) in [5.41, 5.74) is 1.83. The molecule has 0 atom stereocenters. The van der Waals surface area contributed by atoms with Crippen LogP contribution in [0.4, 0.5) is 0 Å². The average Bonchev–Trinajstić information content (AvgIpc) is 3.01. The molecule has 0 saturated heterocycles. The van der Waals surface area contributed by atoms with Crippen LogP contribution in [0.15, 0.2) is 23.6 Å². The van der Waals surface area contributed by atoms with Crippen LogP contribution in [-0.4, -0.2) is 24.1 Å². The Morgan fingerprint density at radius 3 is 2.71 bits per heavy atom. The molecule has 2 aromatic rings. The highest BCUT2D eigenvalue weighted by molar-refractivity contribution is 7.09. The van der Waals surface area contributed by atoms with Crippen molar-refractivity contribution < 1.29 is 14.3 Å². The van der Waals surface area contributed by atoms with E-state index < -0.39 is 0 Å². The van der Waals surface area contributed by atoms with E-state index in [-0.39, 0.29) is 11.3 Å². The van der Waals surface area contributed by atoms with Crippen molar-refractivity contribution in [3.8, 4) is 11.5 Å². The number of nitrogens with one attached hydrogen (secondary N) is 1. The van der Waals surface area contributed by atoms with E-state index in [9.17, 15) is 4.79 Å². The molecule has 0 unspecified atom stereocenters. The number of hydrogen-bond donors (Lipinski definition) is 1. The van der Waals surface area contributed by atoms with Gasteiger partial charge in [-0.05, 0) is 17.7 Å². The number of rotatable bonds is 4. The van der Waals surface area contributed by atoms with E-state index in [1.807, 2.05) is 23.6 Å². The van der Waals surface area contributed by atoms with E-state index in [0.29, 0.717) is 26.2 Å². The Labute approximate surface area is 146 Å². The van der Waals surface area contributed by atoms with Crippen molar-refractivity contribution in [2.24, 2.45) is 0 Å². The second-order valence-electron chi connectivity index (χ2n) is 6.83. The quantitative estimate of drug-likeness (QED) is 0.924. The molecule has 1 aliphatic rings. The molecule has 3 rings (SSSR count). The van der Waals surface area contributed by atoms with Crippen LogP contribution in [0.1, 0.15) is 37.0 Å². The lowest BCUT2D eigenvalue weighted by Gasteiger charge is -2.18. The third kappa shape index (κ3) is 4.06. The van der Waals surface area contributed by atoms with Crippen molar-refractivity contribution in [2.45, 2.75) is 39.2 Å². The number of ether oxygens (including phenoxy) is 2. The summed E-state index contributed by atoms with van der Waals surface area (Å²) < 4.78 is 11.0. The number of nitrogens with zero attached hydrogens (tertiary/aromatic N) is 1. The molecule has 0 spiro atoms. The first kappa shape index (κ1) is 16.8. The summed E-state index contributed by atoms with van der Waals surface area (Å²) in [6.45, 7) is 7.97. The van der Waals surface area contributed by atoms with Gasteiger partial charge in [-0.1, -0.05) is 26.8 Å². The van der Waals surface area contributed by atoms with Crippen molar-refractivity contribution in [3.05, 3.63) is 39.8 Å². The predicted octanol–water partition coefficient (Wildman–Crippen LogP) is 3.07. The number of hydrogen-bond acceptors (Lipinski definition) is 5. The van der Waals surface area contributed by atoms with E-state index in [2.05, 4.69) is 31.1 Å². The van der Waals surface area contributed by atoms with Gasteiger partial charge in [-0.3, -0.25) is 4.79 Å². The third-order valence-electron chi connectivity index (χ3n) is 3.63. The van der Waals surface area contributed by atoms with Crippen molar-refractivity contribution >= 4 is 17.2 Å². The van der Waals surface area contributed by atoms with E-state index >= 15 is 0 Å². The van der Waals surface area contributed by atoms with Crippen LogP contribution < -0.4 is 14.8 Å². The monoisotopic (exact) mass is 346 g/mol. The zero-order valence-corrected chi connectivity index (χ0v) is 15.0. The molecule has 0 bridgehead atoms. The Kier molecular flexibility index (Phi) is 4.76. The van der Waals surface area contributed by atoms with Gasteiger partial charge in [0, 0.05) is 17.3 Å². The fourth-order valence-corrected chi connectivity index (χ4v) is 3.27. The lowest BCUT2D eigenvalue weighted by molar-refractivity contribution is -0.120. The van der Waals surface area contributed by atoms with Crippen LogP contribution in [-0.2, 0) is 23.2 Å². The Bertz CT molecular complexity index is 734. The molecule has 24 heavy (non-hydrogen) atoms. The van der Waals surface area contributed by atoms with Gasteiger partial charge in [-0.15, -0.1) is 11.3 Å². The molecule has 1 aromatic heterocycles. The number of carbonyl (C=O) groups excluding carboxylic acids is 1. The van der Waals surface area contributed by atoms with Gasteiger partial charge in [-0.25, -0.2) is 4.98 Å². The second kappa shape index (κ2) is 6.81. The van der Waals surface area contributed by atoms with Crippen LogP contribution >= 0.6 is 11.3 Å². The first-order valence-electron chi connectivity index (χ1n) is 8.02. The number of benzene rings is 1. The summed E-state index contributed by atoms with van der Waals surface area (Å²) in [6.07, 6.45) is 0.303. The predicted molar refractivity (Wildman–Crippen MR) is 93.8 cm³/mol. The molecule has 0 saturated carbocycles. The molecule has 2 heterocycles. The Morgan fingerprint density at radius 1 is 1.25 bits per heavy atom. The fraction of sp³-hybridized carbons (Fsp3) is 0.444. The van der Waals surface area contributed by atoms with Gasteiger partial charge in [0.1, 0.15) is 13.2 Å². The molecule has 1 amide bonds. The van der Waals surface area contributed by atoms with Crippen LogP contribution in [0.5, 0.6) is 11.5 Å². The standard InChI is InChI=1S/C18H22N2O3S/c1-18(2,3)17-20-13(11-24-17)9-16(21)19-10-12-4-5-14-15(8-12)23-7-6-22-14/h4-5,8,11H,6-7,9-10H2,1-3H3,(H,19,21). The lowest BCUT2D eigenvalue weighted by Crippen LogP contribution is -2.25. The molecular formula is C18H22N2O3S. The minimum absolute atomic E-state index is 0.0184. The smallest absolute Gasteiger partial charge is 0.226 e. The van der Waals surface area contributed by atoms with E-state index in [0.717, 1.165) is 27.8 Å². The second-order valence-corrected chi connectivity index (χ2v) is 7.68. The Hall–Kier alpha value is -2.08. The van der Waals surface area contributed by atoms with E-state index in [4.69, 9.17) is 9.47 Å². The summed E-state index contributed by atoms with van der Waals surface area (Å²) in [5.74, 6) is 1.46. The van der Waals surface area contributed by atoms with Crippen LogP contribution in [0.25, 0.3) is 0 Å². The van der Waals surface area contributed by atoms with Crippen molar-refractivity contribution in [2.75, 3.05) is 13.2 Å². The molecule has 1 N–H and O–H groups in total. The van der Waals surface area contributed by atoms with Crippen LogP contribution in [0.3, 0.4) is 0 Å². The minimum Gasteiger partial charge on any atom is -0.486 e. The van der Waals surface area contributed by atoms with Gasteiger partial charge >= 0.3 is 0 Å². The summed E-state index contributed by atoms with van der Waals surface area (Å²) in [4.78, 5) is 16.7. The maximum Gasteiger partial charge on any atom is 0.226 e. The van der Waals surface area contributed by atoms with Gasteiger partial charge in [0.15, 0.2) is 11.5 Å². The maximum atomic E-state index is 12.1. The summed E-state index contributed by atoms with van der Waals surface area (Å²) in [7, 11) is 0. The molecule has 0 fully saturated rings. The Balaban J connectivity index is 1.55. The van der Waals surface area contributed by atoms with Crippen molar-refractivity contribution in [1.29, 1.82) is 0 Å². The third-order valence-corrected chi connectivity index (χ3v) is 4.95. The largest absolute Gasteiger partial charge is 0.486 e. The van der Waals surface area contributed by atoms with Crippen molar-refractivity contribution in [1.82, 2.24) is 10.3 Å². The zero-order valence-electron chi connectivity index (χ0n) is 14.2. The highest BCUT2D eigenvalue weighted by Crippen LogP contribution is 2.30. The van der Waals surface area contributed by atoms with Gasteiger partial charge < -0.3 is 14.8 Å². The van der Waals surface area contributed by atoms with Crippen LogP contribution in [0.2, 0.25) is 0 Å². The summed E-state index contributed by atoms with van der Waals surface area (Å²) in [6, 6.07) is 5.73. The van der Waals surface area contributed by atoms with Gasteiger partial charge in [-0.2, -0.15) is 0 Å². The highest BCUT2D eigenvalue weighted by atomic mass is 32.1. The first-order valence-corrected chi connectivity index (χ1v) is 8.90. The van der Waals surface area contributed by atoms with Crippen LogP contribution in [0, 0.1) is 0 Å². The number of aromatic nitrogens is 1. The zero-order chi connectivity index (χ0) is 17.2. The lowest BCUT2D eigenvalue weighted by atomic mass is 9.98. The van der Waals surface area contributed by atoms with E-state index in [1.54, 1.807) is 11.3 Å². The average molecular weight is 346 g/mol. The number of carbonyl (C=O) groups is 1. The molecule has 0 radical (unpaired) electrons. The normalized spacial score (nSPS) is 13.6. The molecule has 0 aliphatic carbocycles. The molecule has 1 aromatic carbocycles. The maximum absolute atomic E-state index is 12.1. The molecule has 5 nitrogen and oxygen atoms in total. The topological polar surface area (TPSA) is 60.5 Å². The summed E-state index contributed by atoms with van der Waals surface area (Å²) >= 11 is 1.61. The van der Waals surface area contributed by atoms with Gasteiger partial charge in [0.05, 0.1) is 17.1 Å². The minimum atomic E-state index is -0.0318. The SMILES string of the molecule is CC(C)(C)c1nc(CC(=O)NCc2ccc3c(c2)OCCO3)cs1. The molecule has 1 aliphatic heterocycles. The first-order chi connectivity index (χ1) is 11.4. The fourth-order valence-electron chi connectivity index (χ4n) is 2.36. The number of amides is 1. The van der Waals surface area contributed by atoms with Crippen molar-refractivity contribution in [3.63, 3.8) is 0 Å². The van der Waals surface area contributed by atoms with Gasteiger partial charge in [0.2, 0.25) is 5.91 Å². The summed E-state index contributed by atoms with van der Waals surface area (Å²) in [5, 5.41) is 5.95. The molecule has 128 valence electrons. The molecule has 6 heteroatoms. The van der Waals surface area contributed by atoms with E-state index in [1.165, 1.54) is 0 Å². The molecular weight excluding hydrogens is 324 g/mol. The number of fused-ring (bicyclic) bond motifs is 1. The highest BCUT2D eigenvalue weighted by Gasteiger charge is 2.19. The van der Waals surface area contributed by atoms with Gasteiger partial charge in [0.25, 0.3) is 0 Å². The Morgan fingerprint density at radius 2 is 2.00 bits per heavy atom.